The molecule has 0 saturated heterocycles. The number of benzene rings is 2. The zero-order valence-electron chi connectivity index (χ0n) is 11.2. The Morgan fingerprint density at radius 3 is 2.81 bits per heavy atom. The first-order chi connectivity index (χ1) is 10.0. The van der Waals surface area contributed by atoms with Gasteiger partial charge in [-0.3, -0.25) is 0 Å². The standard InChI is InChI=1S/C16H14Cl2INO/c17-11-1-2-14(19)13(8-11)15(20)7-10-6-12(18)5-9-3-4-21-16(9)10/h1-2,5-6,8,15H,3-4,7,20H2. The van der Waals surface area contributed by atoms with E-state index in [4.69, 9.17) is 33.7 Å². The number of rotatable bonds is 3. The summed E-state index contributed by atoms with van der Waals surface area (Å²) in [5, 5.41) is 1.44. The van der Waals surface area contributed by atoms with Crippen molar-refractivity contribution in [2.75, 3.05) is 6.61 Å². The molecule has 1 aliphatic rings. The van der Waals surface area contributed by atoms with Crippen LogP contribution in [0.4, 0.5) is 0 Å². The molecular weight excluding hydrogens is 420 g/mol. The molecule has 110 valence electrons. The monoisotopic (exact) mass is 433 g/mol. The molecule has 0 radical (unpaired) electrons. The molecule has 5 heteroatoms. The lowest BCUT2D eigenvalue weighted by Gasteiger charge is -2.16. The van der Waals surface area contributed by atoms with E-state index >= 15 is 0 Å². The lowest BCUT2D eigenvalue weighted by molar-refractivity contribution is 0.352. The van der Waals surface area contributed by atoms with Crippen LogP contribution in [0.15, 0.2) is 30.3 Å². The maximum Gasteiger partial charge on any atom is 0.125 e. The van der Waals surface area contributed by atoms with Crippen molar-refractivity contribution in [3.63, 3.8) is 0 Å². The molecule has 0 saturated carbocycles. The van der Waals surface area contributed by atoms with Gasteiger partial charge in [0.1, 0.15) is 5.75 Å². The summed E-state index contributed by atoms with van der Waals surface area (Å²) < 4.78 is 6.85. The van der Waals surface area contributed by atoms with E-state index in [0.717, 1.165) is 31.9 Å². The minimum Gasteiger partial charge on any atom is -0.493 e. The van der Waals surface area contributed by atoms with Crippen LogP contribution in [0.3, 0.4) is 0 Å². The molecule has 0 amide bonds. The molecule has 0 bridgehead atoms. The van der Waals surface area contributed by atoms with Crippen LogP contribution in [0, 0.1) is 3.57 Å². The lowest BCUT2D eigenvalue weighted by atomic mass is 9.97. The predicted octanol–water partition coefficient (Wildman–Crippen LogP) is 4.78. The zero-order chi connectivity index (χ0) is 15.0. The highest BCUT2D eigenvalue weighted by molar-refractivity contribution is 14.1. The molecule has 2 aromatic carbocycles. The van der Waals surface area contributed by atoms with Gasteiger partial charge < -0.3 is 10.5 Å². The summed E-state index contributed by atoms with van der Waals surface area (Å²) in [5.41, 5.74) is 9.67. The molecule has 0 fully saturated rings. The smallest absolute Gasteiger partial charge is 0.125 e. The average Bonchev–Trinajstić information content (AvgIpc) is 2.89. The summed E-state index contributed by atoms with van der Waals surface area (Å²) >= 11 is 14.6. The molecule has 1 heterocycles. The normalized spacial score (nSPS) is 14.7. The van der Waals surface area contributed by atoms with E-state index in [1.165, 1.54) is 5.56 Å². The second-order valence-corrected chi connectivity index (χ2v) is 7.16. The third-order valence-corrected chi connectivity index (χ3v) is 5.06. The van der Waals surface area contributed by atoms with Gasteiger partial charge in [-0.15, -0.1) is 0 Å². The highest BCUT2D eigenvalue weighted by atomic mass is 127. The van der Waals surface area contributed by atoms with E-state index in [0.29, 0.717) is 18.1 Å². The van der Waals surface area contributed by atoms with E-state index in [1.54, 1.807) is 0 Å². The fourth-order valence-corrected chi connectivity index (χ4v) is 3.82. The summed E-state index contributed by atoms with van der Waals surface area (Å²) in [6.07, 6.45) is 1.59. The molecule has 2 aromatic rings. The number of fused-ring (bicyclic) bond motifs is 1. The van der Waals surface area contributed by atoms with Crippen LogP contribution in [0.5, 0.6) is 5.75 Å². The molecule has 0 aliphatic carbocycles. The molecule has 2 nitrogen and oxygen atoms in total. The Balaban J connectivity index is 1.92. The van der Waals surface area contributed by atoms with Crippen LogP contribution < -0.4 is 10.5 Å². The van der Waals surface area contributed by atoms with E-state index in [-0.39, 0.29) is 6.04 Å². The van der Waals surface area contributed by atoms with Gasteiger partial charge >= 0.3 is 0 Å². The first kappa shape index (κ1) is 15.4. The Morgan fingerprint density at radius 1 is 1.19 bits per heavy atom. The van der Waals surface area contributed by atoms with Gasteiger partial charge in [-0.25, -0.2) is 0 Å². The maximum absolute atomic E-state index is 6.38. The lowest BCUT2D eigenvalue weighted by Crippen LogP contribution is -2.15. The molecule has 1 atom stereocenters. The SMILES string of the molecule is NC(Cc1cc(Cl)cc2c1OCC2)c1cc(Cl)ccc1I. The van der Waals surface area contributed by atoms with Gasteiger partial charge in [-0.05, 0) is 76.0 Å². The van der Waals surface area contributed by atoms with Crippen molar-refractivity contribution in [2.45, 2.75) is 18.9 Å². The molecule has 3 rings (SSSR count). The Kier molecular flexibility index (Phi) is 4.64. The van der Waals surface area contributed by atoms with Crippen LogP contribution >= 0.6 is 45.8 Å². The minimum absolute atomic E-state index is 0.137. The van der Waals surface area contributed by atoms with Crippen molar-refractivity contribution >= 4 is 45.8 Å². The van der Waals surface area contributed by atoms with Crippen LogP contribution in [0.1, 0.15) is 22.7 Å². The van der Waals surface area contributed by atoms with Crippen molar-refractivity contribution in [1.29, 1.82) is 0 Å². The minimum atomic E-state index is -0.137. The van der Waals surface area contributed by atoms with Crippen LogP contribution in [-0.4, -0.2) is 6.61 Å². The number of halogens is 3. The fourth-order valence-electron chi connectivity index (χ4n) is 2.64. The Bertz CT molecular complexity index is 690. The van der Waals surface area contributed by atoms with Crippen molar-refractivity contribution in [2.24, 2.45) is 5.73 Å². The fraction of sp³-hybridized carbons (Fsp3) is 0.250. The summed E-state index contributed by atoms with van der Waals surface area (Å²) in [6, 6.07) is 9.57. The molecule has 2 N–H and O–H groups in total. The first-order valence-corrected chi connectivity index (χ1v) is 8.52. The molecule has 0 spiro atoms. The third-order valence-electron chi connectivity index (χ3n) is 3.62. The van der Waals surface area contributed by atoms with Crippen LogP contribution in [0.25, 0.3) is 0 Å². The molecule has 1 aliphatic heterocycles. The quantitative estimate of drug-likeness (QED) is 0.707. The van der Waals surface area contributed by atoms with Crippen molar-refractivity contribution in [3.8, 4) is 5.75 Å². The van der Waals surface area contributed by atoms with Gasteiger partial charge in [0.25, 0.3) is 0 Å². The second-order valence-electron chi connectivity index (χ2n) is 5.13. The highest BCUT2D eigenvalue weighted by Crippen LogP contribution is 2.35. The van der Waals surface area contributed by atoms with Crippen molar-refractivity contribution in [3.05, 3.63) is 60.6 Å². The summed E-state index contributed by atoms with van der Waals surface area (Å²) in [5.74, 6) is 0.951. The number of hydrogen-bond donors (Lipinski definition) is 1. The maximum atomic E-state index is 6.38. The largest absolute Gasteiger partial charge is 0.493 e. The Labute approximate surface area is 147 Å². The van der Waals surface area contributed by atoms with Gasteiger partial charge in [-0.1, -0.05) is 23.2 Å². The van der Waals surface area contributed by atoms with Gasteiger partial charge in [0.05, 0.1) is 6.61 Å². The number of nitrogens with two attached hydrogens (primary N) is 1. The number of ether oxygens (including phenoxy) is 1. The van der Waals surface area contributed by atoms with Gasteiger partial charge in [0, 0.05) is 26.1 Å². The molecule has 21 heavy (non-hydrogen) atoms. The average molecular weight is 434 g/mol. The van der Waals surface area contributed by atoms with Gasteiger partial charge in [0.2, 0.25) is 0 Å². The second kappa shape index (κ2) is 6.32. The Morgan fingerprint density at radius 2 is 2.00 bits per heavy atom. The Hall–Kier alpha value is -0.490. The van der Waals surface area contributed by atoms with Gasteiger partial charge in [-0.2, -0.15) is 0 Å². The van der Waals surface area contributed by atoms with Gasteiger partial charge in [0.15, 0.2) is 0 Å². The van der Waals surface area contributed by atoms with E-state index in [1.807, 2.05) is 30.3 Å². The van der Waals surface area contributed by atoms with Crippen molar-refractivity contribution in [1.82, 2.24) is 0 Å². The summed E-state index contributed by atoms with van der Waals surface area (Å²) in [6.45, 7) is 0.715. The first-order valence-electron chi connectivity index (χ1n) is 6.69. The summed E-state index contributed by atoms with van der Waals surface area (Å²) in [7, 11) is 0. The van der Waals surface area contributed by atoms with E-state index < -0.39 is 0 Å². The van der Waals surface area contributed by atoms with Crippen LogP contribution in [-0.2, 0) is 12.8 Å². The predicted molar refractivity (Wildman–Crippen MR) is 95.5 cm³/mol. The molecule has 1 unspecified atom stereocenters. The third kappa shape index (κ3) is 3.31. The summed E-state index contributed by atoms with van der Waals surface area (Å²) in [4.78, 5) is 0. The van der Waals surface area contributed by atoms with Crippen molar-refractivity contribution < 1.29 is 4.74 Å². The number of hydrogen-bond acceptors (Lipinski definition) is 2. The van der Waals surface area contributed by atoms with E-state index in [2.05, 4.69) is 22.6 Å². The van der Waals surface area contributed by atoms with Crippen LogP contribution in [0.2, 0.25) is 10.0 Å². The topological polar surface area (TPSA) is 35.2 Å². The van der Waals surface area contributed by atoms with E-state index in [9.17, 15) is 0 Å². The molecular formula is C16H14Cl2INO. The molecule has 0 aromatic heterocycles. The highest BCUT2D eigenvalue weighted by Gasteiger charge is 2.20. The zero-order valence-corrected chi connectivity index (χ0v) is 14.9.